The zero-order chi connectivity index (χ0) is 19.6. The number of benzene rings is 1. The normalized spacial score (nSPS) is 13.7. The fraction of sp³-hybridized carbons (Fsp3) is 0.500. The van der Waals surface area contributed by atoms with E-state index in [9.17, 15) is 19.2 Å². The molecule has 0 aromatic heterocycles. The van der Waals surface area contributed by atoms with Crippen LogP contribution < -0.4 is 5.32 Å². The maximum atomic E-state index is 12.1. The smallest absolute Gasteiger partial charge is 0.333 e. The lowest BCUT2D eigenvalue weighted by atomic mass is 10.1. The molecule has 1 aromatic carbocycles. The molecule has 1 N–H and O–H groups in total. The van der Waals surface area contributed by atoms with Gasteiger partial charge in [-0.2, -0.15) is 0 Å². The minimum absolute atomic E-state index is 0.00765. The second-order valence-corrected chi connectivity index (χ2v) is 6.56. The first-order valence-corrected chi connectivity index (χ1v) is 9.45. The quantitative estimate of drug-likeness (QED) is 0.502. The van der Waals surface area contributed by atoms with E-state index in [0.717, 1.165) is 12.8 Å². The number of unbranched alkanes of at least 4 members (excludes halogenated alkanes) is 2. The van der Waals surface area contributed by atoms with Crippen LogP contribution in [0.1, 0.15) is 67.8 Å². The minimum atomic E-state index is -0.663. The number of hydroxylamine groups is 2. The van der Waals surface area contributed by atoms with Gasteiger partial charge in [-0.1, -0.05) is 31.9 Å². The number of hydrogen-bond donors (Lipinski definition) is 1. The van der Waals surface area contributed by atoms with Crippen LogP contribution in [-0.2, 0) is 25.6 Å². The second-order valence-electron chi connectivity index (χ2n) is 6.56. The molecule has 2 rings (SSSR count). The number of nitrogens with zero attached hydrogens (tertiary/aromatic N) is 1. The lowest BCUT2D eigenvalue weighted by molar-refractivity contribution is -0.197. The van der Waals surface area contributed by atoms with E-state index in [2.05, 4.69) is 12.2 Å². The first-order chi connectivity index (χ1) is 13.0. The summed E-state index contributed by atoms with van der Waals surface area (Å²) in [6.45, 7) is 2.46. The van der Waals surface area contributed by atoms with Crippen molar-refractivity contribution in [1.82, 2.24) is 10.4 Å². The van der Waals surface area contributed by atoms with Crippen LogP contribution in [0.5, 0.6) is 0 Å². The highest BCUT2D eigenvalue weighted by Gasteiger charge is 2.32. The Kier molecular flexibility index (Phi) is 7.98. The molecule has 146 valence electrons. The third-order valence-corrected chi connectivity index (χ3v) is 4.33. The average Bonchev–Trinajstić information content (AvgIpc) is 2.98. The monoisotopic (exact) mass is 374 g/mol. The number of imide groups is 1. The van der Waals surface area contributed by atoms with Crippen molar-refractivity contribution in [3.05, 3.63) is 35.4 Å². The molecule has 1 aromatic rings. The van der Waals surface area contributed by atoms with Gasteiger partial charge in [-0.15, -0.1) is 5.06 Å². The fourth-order valence-corrected chi connectivity index (χ4v) is 2.74. The highest BCUT2D eigenvalue weighted by molar-refractivity contribution is 6.01. The number of rotatable bonds is 10. The van der Waals surface area contributed by atoms with E-state index in [1.165, 1.54) is 18.4 Å². The van der Waals surface area contributed by atoms with Gasteiger partial charge in [-0.05, 0) is 37.0 Å². The van der Waals surface area contributed by atoms with Crippen LogP contribution in [0, 0.1) is 0 Å². The van der Waals surface area contributed by atoms with Crippen molar-refractivity contribution in [3.63, 3.8) is 0 Å². The van der Waals surface area contributed by atoms with E-state index in [4.69, 9.17) is 4.84 Å². The summed E-state index contributed by atoms with van der Waals surface area (Å²) in [5, 5.41) is 3.27. The molecule has 0 saturated carbocycles. The van der Waals surface area contributed by atoms with Gasteiger partial charge in [0.25, 0.3) is 17.7 Å². The van der Waals surface area contributed by atoms with Crippen molar-refractivity contribution in [3.8, 4) is 0 Å². The Labute approximate surface area is 159 Å². The summed E-state index contributed by atoms with van der Waals surface area (Å²) in [5.41, 5.74) is 1.79. The molecule has 0 aliphatic carbocycles. The first kappa shape index (κ1) is 20.6. The molecule has 3 amide bonds. The summed E-state index contributed by atoms with van der Waals surface area (Å²) in [6, 6.07) is 7.53. The van der Waals surface area contributed by atoms with Gasteiger partial charge in [0.05, 0.1) is 0 Å². The molecular weight excluding hydrogens is 348 g/mol. The van der Waals surface area contributed by atoms with E-state index in [1.54, 1.807) is 12.1 Å². The van der Waals surface area contributed by atoms with Gasteiger partial charge in [-0.25, -0.2) is 4.79 Å². The van der Waals surface area contributed by atoms with E-state index >= 15 is 0 Å². The zero-order valence-corrected chi connectivity index (χ0v) is 15.7. The van der Waals surface area contributed by atoms with Crippen LogP contribution in [0.4, 0.5) is 0 Å². The number of hydrogen-bond acceptors (Lipinski definition) is 5. The van der Waals surface area contributed by atoms with E-state index in [1.807, 2.05) is 12.1 Å². The Bertz CT molecular complexity index is 668. The minimum Gasteiger partial charge on any atom is -0.352 e. The van der Waals surface area contributed by atoms with Crippen LogP contribution >= 0.6 is 0 Å². The predicted octanol–water partition coefficient (Wildman–Crippen LogP) is 2.54. The lowest BCUT2D eigenvalue weighted by Gasteiger charge is -2.12. The predicted molar refractivity (Wildman–Crippen MR) is 98.4 cm³/mol. The van der Waals surface area contributed by atoms with Crippen LogP contribution in [0.3, 0.4) is 0 Å². The molecule has 0 unspecified atom stereocenters. The molecular formula is C20H26N2O5. The zero-order valence-electron chi connectivity index (χ0n) is 15.7. The molecule has 0 bridgehead atoms. The van der Waals surface area contributed by atoms with Crippen molar-refractivity contribution >= 4 is 23.7 Å². The standard InChI is InChI=1S/C20H26N2O5/c1-2-3-4-6-15-8-10-16(11-9-15)20(26)21-14-5-7-19(25)27-22-17(23)12-13-18(22)24/h8-11H,2-7,12-14H2,1H3,(H,21,26). The number of aryl methyl sites for hydroxylation is 1. The van der Waals surface area contributed by atoms with Crippen LogP contribution in [0.25, 0.3) is 0 Å². The summed E-state index contributed by atoms with van der Waals surface area (Å²) in [6.07, 6.45) is 5.04. The summed E-state index contributed by atoms with van der Waals surface area (Å²) in [7, 11) is 0. The van der Waals surface area contributed by atoms with Gasteiger partial charge in [0, 0.05) is 31.4 Å². The molecule has 0 radical (unpaired) electrons. The van der Waals surface area contributed by atoms with E-state index < -0.39 is 17.8 Å². The number of amides is 3. The second kappa shape index (κ2) is 10.4. The maximum absolute atomic E-state index is 12.1. The van der Waals surface area contributed by atoms with Crippen molar-refractivity contribution in [2.75, 3.05) is 6.54 Å². The number of carbonyl (C=O) groups is 4. The average molecular weight is 374 g/mol. The Hall–Kier alpha value is -2.70. The van der Waals surface area contributed by atoms with E-state index in [-0.39, 0.29) is 25.2 Å². The van der Waals surface area contributed by atoms with Crippen molar-refractivity contribution in [2.24, 2.45) is 0 Å². The largest absolute Gasteiger partial charge is 0.352 e. The highest BCUT2D eigenvalue weighted by atomic mass is 16.7. The molecule has 27 heavy (non-hydrogen) atoms. The Morgan fingerprint density at radius 2 is 1.70 bits per heavy atom. The Balaban J connectivity index is 1.66. The third kappa shape index (κ3) is 6.51. The molecule has 0 atom stereocenters. The van der Waals surface area contributed by atoms with Crippen LogP contribution in [0.15, 0.2) is 24.3 Å². The highest BCUT2D eigenvalue weighted by Crippen LogP contribution is 2.13. The van der Waals surface area contributed by atoms with Gasteiger partial charge in [0.2, 0.25) is 0 Å². The van der Waals surface area contributed by atoms with Crippen molar-refractivity contribution in [2.45, 2.75) is 58.3 Å². The molecule has 1 saturated heterocycles. The number of carbonyl (C=O) groups excluding carboxylic acids is 4. The fourth-order valence-electron chi connectivity index (χ4n) is 2.74. The van der Waals surface area contributed by atoms with Crippen molar-refractivity contribution < 1.29 is 24.0 Å². The molecule has 1 heterocycles. The van der Waals surface area contributed by atoms with Crippen LogP contribution in [-0.4, -0.2) is 35.3 Å². The van der Waals surface area contributed by atoms with Gasteiger partial charge < -0.3 is 10.2 Å². The lowest BCUT2D eigenvalue weighted by Crippen LogP contribution is -2.32. The van der Waals surface area contributed by atoms with E-state index in [0.29, 0.717) is 23.6 Å². The van der Waals surface area contributed by atoms with Gasteiger partial charge >= 0.3 is 5.97 Å². The van der Waals surface area contributed by atoms with Crippen LogP contribution in [0.2, 0.25) is 0 Å². The summed E-state index contributed by atoms with van der Waals surface area (Å²) in [5.74, 6) is -1.86. The Morgan fingerprint density at radius 3 is 2.33 bits per heavy atom. The molecule has 1 fully saturated rings. The summed E-state index contributed by atoms with van der Waals surface area (Å²) < 4.78 is 0. The Morgan fingerprint density at radius 1 is 1.04 bits per heavy atom. The molecule has 0 spiro atoms. The topological polar surface area (TPSA) is 92.8 Å². The summed E-state index contributed by atoms with van der Waals surface area (Å²) >= 11 is 0. The van der Waals surface area contributed by atoms with Gasteiger partial charge in [-0.3, -0.25) is 14.4 Å². The first-order valence-electron chi connectivity index (χ1n) is 9.45. The molecule has 7 nitrogen and oxygen atoms in total. The molecule has 1 aliphatic rings. The molecule has 1 aliphatic heterocycles. The molecule has 7 heteroatoms. The van der Waals surface area contributed by atoms with Gasteiger partial charge in [0.15, 0.2) is 0 Å². The van der Waals surface area contributed by atoms with Crippen molar-refractivity contribution in [1.29, 1.82) is 0 Å². The summed E-state index contributed by atoms with van der Waals surface area (Å²) in [4.78, 5) is 51.3. The van der Waals surface area contributed by atoms with Gasteiger partial charge in [0.1, 0.15) is 0 Å². The maximum Gasteiger partial charge on any atom is 0.333 e. The number of nitrogens with one attached hydrogen (secondary N) is 1. The SMILES string of the molecule is CCCCCc1ccc(C(=O)NCCCC(=O)ON2C(=O)CCC2=O)cc1. The third-order valence-electron chi connectivity index (χ3n) is 4.33.